The summed E-state index contributed by atoms with van der Waals surface area (Å²) in [5.41, 5.74) is 1.16. The fraction of sp³-hybridized carbons (Fsp3) is 0.158. The zero-order valence-corrected chi connectivity index (χ0v) is 13.5. The van der Waals surface area contributed by atoms with Gasteiger partial charge in [-0.1, -0.05) is 41.9 Å². The minimum absolute atomic E-state index is 0.0749. The van der Waals surface area contributed by atoms with E-state index in [1.807, 2.05) is 36.4 Å². The summed E-state index contributed by atoms with van der Waals surface area (Å²) in [5, 5.41) is 5.01. The van der Waals surface area contributed by atoms with Gasteiger partial charge < -0.3 is 10.3 Å². The number of nitrogens with one attached hydrogen (secondary N) is 2. The van der Waals surface area contributed by atoms with Crippen molar-refractivity contribution in [1.29, 1.82) is 0 Å². The fourth-order valence-corrected chi connectivity index (χ4v) is 3.24. The smallest absolute Gasteiger partial charge is 0.268 e. The molecular formula is C19H15ClN2O2. The number of carbonyl (C=O) groups is 1. The van der Waals surface area contributed by atoms with Crippen molar-refractivity contribution < 1.29 is 4.79 Å². The van der Waals surface area contributed by atoms with Gasteiger partial charge in [0.25, 0.3) is 11.5 Å². The molecule has 1 fully saturated rings. The highest BCUT2D eigenvalue weighted by molar-refractivity contribution is 6.30. The first-order valence-electron chi connectivity index (χ1n) is 7.80. The predicted octanol–water partition coefficient (Wildman–Crippen LogP) is 3.47. The van der Waals surface area contributed by atoms with E-state index in [2.05, 4.69) is 10.3 Å². The minimum Gasteiger partial charge on any atom is -0.347 e. The van der Waals surface area contributed by atoms with E-state index in [1.54, 1.807) is 18.2 Å². The quantitative estimate of drug-likeness (QED) is 0.768. The second-order valence-electron chi connectivity index (χ2n) is 6.08. The number of pyridine rings is 1. The lowest BCUT2D eigenvalue weighted by Gasteiger charge is -2.06. The number of amides is 1. The summed E-state index contributed by atoms with van der Waals surface area (Å²) in [6, 6.07) is 16.7. The van der Waals surface area contributed by atoms with Crippen LogP contribution in [0.25, 0.3) is 10.8 Å². The standard InChI is InChI=1S/C19H15ClN2O2/c20-13-6-3-5-11(8-13)15-10-16(15)21-19(24)17-9-12-4-1-2-7-14(12)18(23)22-17/h1-9,15-16H,10H2,(H,21,24)(H,22,23). The molecule has 2 aromatic carbocycles. The molecule has 5 heteroatoms. The van der Waals surface area contributed by atoms with Crippen LogP contribution in [-0.2, 0) is 0 Å². The number of carbonyl (C=O) groups excluding carboxylic acids is 1. The molecule has 1 aromatic heterocycles. The van der Waals surface area contributed by atoms with E-state index in [1.165, 1.54) is 0 Å². The maximum atomic E-state index is 12.4. The molecule has 0 saturated heterocycles. The molecule has 1 heterocycles. The summed E-state index contributed by atoms with van der Waals surface area (Å²) in [5.74, 6) is 0.0206. The second kappa shape index (κ2) is 5.80. The summed E-state index contributed by atoms with van der Waals surface area (Å²) >= 11 is 6.01. The highest BCUT2D eigenvalue weighted by Crippen LogP contribution is 2.41. The molecule has 0 spiro atoms. The molecule has 2 atom stereocenters. The second-order valence-corrected chi connectivity index (χ2v) is 6.51. The summed E-state index contributed by atoms with van der Waals surface area (Å²) in [6.45, 7) is 0. The number of hydrogen-bond acceptors (Lipinski definition) is 2. The van der Waals surface area contributed by atoms with Gasteiger partial charge in [-0.3, -0.25) is 9.59 Å². The third-order valence-electron chi connectivity index (χ3n) is 4.38. The van der Waals surface area contributed by atoms with Crippen LogP contribution in [0.3, 0.4) is 0 Å². The van der Waals surface area contributed by atoms with Gasteiger partial charge in [0.15, 0.2) is 0 Å². The minimum atomic E-state index is -0.257. The third kappa shape index (κ3) is 2.81. The average Bonchev–Trinajstić information content (AvgIpc) is 3.34. The summed E-state index contributed by atoms with van der Waals surface area (Å²) in [7, 11) is 0. The van der Waals surface area contributed by atoms with Crippen molar-refractivity contribution in [3.8, 4) is 0 Å². The maximum Gasteiger partial charge on any atom is 0.268 e. The summed E-state index contributed by atoms with van der Waals surface area (Å²) < 4.78 is 0. The van der Waals surface area contributed by atoms with Crippen LogP contribution in [0.4, 0.5) is 0 Å². The molecule has 0 aliphatic heterocycles. The van der Waals surface area contributed by atoms with Gasteiger partial charge >= 0.3 is 0 Å². The van der Waals surface area contributed by atoms with E-state index in [9.17, 15) is 9.59 Å². The normalized spacial score (nSPS) is 19.2. The maximum absolute atomic E-state index is 12.4. The van der Waals surface area contributed by atoms with Crippen molar-refractivity contribution in [1.82, 2.24) is 10.3 Å². The lowest BCUT2D eigenvalue weighted by Crippen LogP contribution is -2.29. The van der Waals surface area contributed by atoms with Gasteiger partial charge in [0.05, 0.1) is 0 Å². The lowest BCUT2D eigenvalue weighted by atomic mass is 10.1. The number of aromatic nitrogens is 1. The molecule has 1 aliphatic carbocycles. The molecule has 24 heavy (non-hydrogen) atoms. The molecule has 2 unspecified atom stereocenters. The summed E-state index contributed by atoms with van der Waals surface area (Å²) in [6.07, 6.45) is 0.879. The SMILES string of the molecule is O=C(NC1CC1c1cccc(Cl)c1)c1cc2ccccc2c(=O)[nH]1. The predicted molar refractivity (Wildman–Crippen MR) is 94.6 cm³/mol. The van der Waals surface area contributed by atoms with Crippen molar-refractivity contribution >= 4 is 28.3 Å². The molecule has 3 aromatic rings. The molecule has 1 aliphatic rings. The first-order valence-corrected chi connectivity index (χ1v) is 8.18. The number of rotatable bonds is 3. The summed E-state index contributed by atoms with van der Waals surface area (Å²) in [4.78, 5) is 27.2. The van der Waals surface area contributed by atoms with Crippen molar-refractivity contribution in [3.05, 3.63) is 81.2 Å². The Kier molecular flexibility index (Phi) is 3.62. The van der Waals surface area contributed by atoms with Crippen molar-refractivity contribution in [2.24, 2.45) is 0 Å². The van der Waals surface area contributed by atoms with Gasteiger partial charge in [0.1, 0.15) is 5.69 Å². The Morgan fingerprint density at radius 1 is 1.12 bits per heavy atom. The number of H-pyrrole nitrogens is 1. The van der Waals surface area contributed by atoms with Crippen LogP contribution >= 0.6 is 11.6 Å². The highest BCUT2D eigenvalue weighted by Gasteiger charge is 2.39. The number of aromatic amines is 1. The average molecular weight is 339 g/mol. The van der Waals surface area contributed by atoms with Crippen LogP contribution in [0.5, 0.6) is 0 Å². The molecule has 1 amide bonds. The molecule has 0 radical (unpaired) electrons. The molecule has 120 valence electrons. The first kappa shape index (κ1) is 15.0. The number of fused-ring (bicyclic) bond motifs is 1. The van der Waals surface area contributed by atoms with E-state index in [-0.39, 0.29) is 29.1 Å². The molecular weight excluding hydrogens is 324 g/mol. The lowest BCUT2D eigenvalue weighted by molar-refractivity contribution is 0.0945. The zero-order chi connectivity index (χ0) is 16.7. The van der Waals surface area contributed by atoms with E-state index >= 15 is 0 Å². The largest absolute Gasteiger partial charge is 0.347 e. The Morgan fingerprint density at radius 2 is 1.96 bits per heavy atom. The first-order chi connectivity index (χ1) is 11.6. The van der Waals surface area contributed by atoms with Crippen LogP contribution in [0.1, 0.15) is 28.4 Å². The Labute approximate surface area is 143 Å². The van der Waals surface area contributed by atoms with Gasteiger partial charge in [0.2, 0.25) is 0 Å². The number of benzene rings is 2. The van der Waals surface area contributed by atoms with Crippen LogP contribution in [-0.4, -0.2) is 16.9 Å². The van der Waals surface area contributed by atoms with Crippen molar-refractivity contribution in [2.75, 3.05) is 0 Å². The number of halogens is 1. The van der Waals surface area contributed by atoms with Gasteiger partial charge in [-0.2, -0.15) is 0 Å². The van der Waals surface area contributed by atoms with Gasteiger partial charge in [-0.15, -0.1) is 0 Å². The van der Waals surface area contributed by atoms with Crippen molar-refractivity contribution in [3.63, 3.8) is 0 Å². The van der Waals surface area contributed by atoms with E-state index in [4.69, 9.17) is 11.6 Å². The third-order valence-corrected chi connectivity index (χ3v) is 4.62. The van der Waals surface area contributed by atoms with Crippen molar-refractivity contribution in [2.45, 2.75) is 18.4 Å². The van der Waals surface area contributed by atoms with E-state index < -0.39 is 0 Å². The molecule has 1 saturated carbocycles. The van der Waals surface area contributed by atoms with Crippen LogP contribution < -0.4 is 10.9 Å². The van der Waals surface area contributed by atoms with Gasteiger partial charge in [0, 0.05) is 22.4 Å². The van der Waals surface area contributed by atoms with Crippen LogP contribution in [0.15, 0.2) is 59.4 Å². The molecule has 2 N–H and O–H groups in total. The van der Waals surface area contributed by atoms with Crippen LogP contribution in [0, 0.1) is 0 Å². The van der Waals surface area contributed by atoms with E-state index in [0.717, 1.165) is 17.4 Å². The zero-order valence-electron chi connectivity index (χ0n) is 12.8. The Bertz CT molecular complexity index is 996. The monoisotopic (exact) mass is 338 g/mol. The molecule has 0 bridgehead atoms. The Balaban J connectivity index is 1.52. The Hall–Kier alpha value is -2.59. The fourth-order valence-electron chi connectivity index (χ4n) is 3.04. The van der Waals surface area contributed by atoms with Gasteiger partial charge in [-0.05, 0) is 41.6 Å². The van der Waals surface area contributed by atoms with Gasteiger partial charge in [-0.25, -0.2) is 0 Å². The highest BCUT2D eigenvalue weighted by atomic mass is 35.5. The van der Waals surface area contributed by atoms with E-state index in [0.29, 0.717) is 10.4 Å². The molecule has 4 rings (SSSR count). The molecule has 4 nitrogen and oxygen atoms in total. The van der Waals surface area contributed by atoms with Crippen LogP contribution in [0.2, 0.25) is 5.02 Å². The topological polar surface area (TPSA) is 62.0 Å². The number of hydrogen-bond donors (Lipinski definition) is 2. The Morgan fingerprint density at radius 3 is 2.79 bits per heavy atom.